The molecule has 2 aromatic rings. The minimum atomic E-state index is 0.386. The van der Waals surface area contributed by atoms with Crippen molar-refractivity contribution in [2.45, 2.75) is 26.3 Å². The molecule has 2 aromatic heterocycles. The minimum Gasteiger partial charge on any atom is -0.365 e. The summed E-state index contributed by atoms with van der Waals surface area (Å²) in [5.41, 5.74) is 1.05. The van der Waals surface area contributed by atoms with Crippen molar-refractivity contribution in [3.63, 3.8) is 0 Å². The maximum absolute atomic E-state index is 4.25. The van der Waals surface area contributed by atoms with Gasteiger partial charge in [-0.2, -0.15) is 0 Å². The summed E-state index contributed by atoms with van der Waals surface area (Å²) < 4.78 is 1.43. The number of hydrogen-bond donors (Lipinski definition) is 1. The predicted octanol–water partition coefficient (Wildman–Crippen LogP) is 0.730. The van der Waals surface area contributed by atoms with Gasteiger partial charge in [0.1, 0.15) is 5.82 Å². The molecule has 6 nitrogen and oxygen atoms in total. The van der Waals surface area contributed by atoms with E-state index < -0.39 is 0 Å². The zero-order valence-electron chi connectivity index (χ0n) is 8.68. The van der Waals surface area contributed by atoms with Gasteiger partial charge in [-0.15, -0.1) is 14.8 Å². The van der Waals surface area contributed by atoms with Crippen LogP contribution in [0, 0.1) is 5.41 Å². The van der Waals surface area contributed by atoms with Crippen LogP contribution in [0.15, 0.2) is 12.1 Å². The first kappa shape index (κ1) is 8.58. The topological polar surface area (TPSA) is 68.0 Å². The van der Waals surface area contributed by atoms with Crippen molar-refractivity contribution >= 4 is 11.5 Å². The van der Waals surface area contributed by atoms with E-state index in [0.29, 0.717) is 17.1 Å². The Balaban J connectivity index is 1.86. The molecule has 0 aromatic carbocycles. The number of rotatable bonds is 2. The summed E-state index contributed by atoms with van der Waals surface area (Å²) in [6, 6.07) is 4.27. The Morgan fingerprint density at radius 3 is 3.00 bits per heavy atom. The molecule has 3 rings (SSSR count). The van der Waals surface area contributed by atoms with Gasteiger partial charge in [-0.05, 0) is 34.4 Å². The zero-order chi connectivity index (χ0) is 10.5. The zero-order valence-corrected chi connectivity index (χ0v) is 8.68. The highest BCUT2D eigenvalue weighted by Gasteiger charge is 2.45. The molecule has 1 N–H and O–H groups in total. The van der Waals surface area contributed by atoms with Gasteiger partial charge in [0, 0.05) is 6.04 Å². The molecule has 0 radical (unpaired) electrons. The van der Waals surface area contributed by atoms with Gasteiger partial charge in [0.2, 0.25) is 0 Å². The SMILES string of the molecule is CC1(C)CC1Nc1ccc2nnnn2n1. The van der Waals surface area contributed by atoms with E-state index in [0.717, 1.165) is 5.82 Å². The third kappa shape index (κ3) is 1.42. The second kappa shape index (κ2) is 2.65. The van der Waals surface area contributed by atoms with E-state index in [1.807, 2.05) is 12.1 Å². The van der Waals surface area contributed by atoms with Gasteiger partial charge < -0.3 is 5.32 Å². The Kier molecular flexibility index (Phi) is 1.52. The van der Waals surface area contributed by atoms with Gasteiger partial charge in [0.25, 0.3) is 0 Å². The highest BCUT2D eigenvalue weighted by atomic mass is 15.6. The van der Waals surface area contributed by atoms with Crippen LogP contribution >= 0.6 is 0 Å². The molecule has 1 atom stereocenters. The molecule has 0 spiro atoms. The Bertz CT molecular complexity index is 502. The van der Waals surface area contributed by atoms with Crippen LogP contribution in [0.25, 0.3) is 5.65 Å². The normalized spacial score (nSPS) is 22.9. The molecule has 0 amide bonds. The third-order valence-corrected chi connectivity index (χ3v) is 2.91. The van der Waals surface area contributed by atoms with Gasteiger partial charge in [-0.25, -0.2) is 0 Å². The predicted molar refractivity (Wildman–Crippen MR) is 54.4 cm³/mol. The van der Waals surface area contributed by atoms with Crippen LogP contribution < -0.4 is 5.32 Å². The maximum Gasteiger partial charge on any atom is 0.200 e. The molecule has 78 valence electrons. The van der Waals surface area contributed by atoms with Crippen LogP contribution in [-0.2, 0) is 0 Å². The van der Waals surface area contributed by atoms with Gasteiger partial charge in [-0.1, -0.05) is 13.8 Å². The van der Waals surface area contributed by atoms with Crippen molar-refractivity contribution in [1.29, 1.82) is 0 Å². The number of hydrogen-bond acceptors (Lipinski definition) is 5. The molecule has 1 unspecified atom stereocenters. The fraction of sp³-hybridized carbons (Fsp3) is 0.556. The lowest BCUT2D eigenvalue weighted by Gasteiger charge is -2.06. The number of nitrogens with zero attached hydrogens (tertiary/aromatic N) is 5. The fourth-order valence-corrected chi connectivity index (χ4v) is 1.62. The molecule has 15 heavy (non-hydrogen) atoms. The van der Waals surface area contributed by atoms with E-state index in [1.165, 1.54) is 11.1 Å². The van der Waals surface area contributed by atoms with E-state index in [9.17, 15) is 0 Å². The van der Waals surface area contributed by atoms with Crippen molar-refractivity contribution < 1.29 is 0 Å². The molecule has 0 saturated heterocycles. The van der Waals surface area contributed by atoms with Gasteiger partial charge in [0.15, 0.2) is 5.65 Å². The standard InChI is InChI=1S/C9H12N6/c1-9(2)5-6(9)10-7-3-4-8-11-13-14-15(8)12-7/h3-4,6H,5H2,1-2H3,(H,10,12). The summed E-state index contributed by atoms with van der Waals surface area (Å²) in [6.45, 7) is 4.47. The number of tetrazole rings is 1. The minimum absolute atomic E-state index is 0.386. The molecule has 1 fully saturated rings. The molecule has 6 heteroatoms. The Morgan fingerprint density at radius 1 is 1.47 bits per heavy atom. The van der Waals surface area contributed by atoms with Crippen molar-refractivity contribution in [1.82, 2.24) is 25.3 Å². The van der Waals surface area contributed by atoms with Crippen LogP contribution in [0.5, 0.6) is 0 Å². The van der Waals surface area contributed by atoms with E-state index in [1.54, 1.807) is 0 Å². The highest BCUT2D eigenvalue weighted by Crippen LogP contribution is 2.46. The third-order valence-electron chi connectivity index (χ3n) is 2.91. The lowest BCUT2D eigenvalue weighted by Crippen LogP contribution is -2.11. The summed E-state index contributed by atoms with van der Waals surface area (Å²) in [6.07, 6.45) is 1.18. The quantitative estimate of drug-likeness (QED) is 0.781. The van der Waals surface area contributed by atoms with Crippen molar-refractivity contribution in [3.05, 3.63) is 12.1 Å². The van der Waals surface area contributed by atoms with Crippen molar-refractivity contribution in [2.24, 2.45) is 5.41 Å². The second-order valence-corrected chi connectivity index (χ2v) is 4.63. The van der Waals surface area contributed by atoms with Crippen LogP contribution in [0.3, 0.4) is 0 Å². The summed E-state index contributed by atoms with van der Waals surface area (Å²) in [5.74, 6) is 0.824. The van der Waals surface area contributed by atoms with E-state index >= 15 is 0 Å². The molecule has 0 bridgehead atoms. The summed E-state index contributed by atoms with van der Waals surface area (Å²) in [5, 5.41) is 18.7. The van der Waals surface area contributed by atoms with Crippen molar-refractivity contribution in [3.8, 4) is 0 Å². The highest BCUT2D eigenvalue weighted by molar-refractivity contribution is 5.44. The first-order valence-corrected chi connectivity index (χ1v) is 4.97. The Morgan fingerprint density at radius 2 is 2.27 bits per heavy atom. The number of fused-ring (bicyclic) bond motifs is 1. The Hall–Kier alpha value is -1.72. The Labute approximate surface area is 86.7 Å². The first-order valence-electron chi connectivity index (χ1n) is 4.97. The molecular weight excluding hydrogens is 192 g/mol. The van der Waals surface area contributed by atoms with E-state index in [2.05, 4.69) is 39.8 Å². The molecular formula is C9H12N6. The fourth-order valence-electron chi connectivity index (χ4n) is 1.62. The van der Waals surface area contributed by atoms with Gasteiger partial charge >= 0.3 is 0 Å². The summed E-state index contributed by atoms with van der Waals surface area (Å²) in [4.78, 5) is 0. The van der Waals surface area contributed by atoms with E-state index in [4.69, 9.17) is 0 Å². The average molecular weight is 204 g/mol. The summed E-state index contributed by atoms with van der Waals surface area (Å²) in [7, 11) is 0. The number of anilines is 1. The van der Waals surface area contributed by atoms with Crippen LogP contribution in [-0.4, -0.2) is 31.3 Å². The number of nitrogens with one attached hydrogen (secondary N) is 1. The summed E-state index contributed by atoms with van der Waals surface area (Å²) >= 11 is 0. The van der Waals surface area contributed by atoms with Gasteiger partial charge in [0.05, 0.1) is 0 Å². The maximum atomic E-state index is 4.25. The molecule has 1 aliphatic carbocycles. The molecule has 1 aliphatic rings. The van der Waals surface area contributed by atoms with Crippen LogP contribution in [0.4, 0.5) is 5.82 Å². The van der Waals surface area contributed by atoms with E-state index in [-0.39, 0.29) is 0 Å². The average Bonchev–Trinajstić information content (AvgIpc) is 2.64. The monoisotopic (exact) mass is 204 g/mol. The smallest absolute Gasteiger partial charge is 0.200 e. The molecule has 0 aliphatic heterocycles. The molecule has 1 saturated carbocycles. The van der Waals surface area contributed by atoms with Crippen LogP contribution in [0.2, 0.25) is 0 Å². The number of aromatic nitrogens is 5. The lowest BCUT2D eigenvalue weighted by atomic mass is 10.2. The first-order chi connectivity index (χ1) is 7.15. The van der Waals surface area contributed by atoms with Crippen LogP contribution in [0.1, 0.15) is 20.3 Å². The lowest BCUT2D eigenvalue weighted by molar-refractivity contribution is 0.628. The molecule has 2 heterocycles. The van der Waals surface area contributed by atoms with Crippen molar-refractivity contribution in [2.75, 3.05) is 5.32 Å². The second-order valence-electron chi connectivity index (χ2n) is 4.63. The van der Waals surface area contributed by atoms with Gasteiger partial charge in [-0.3, -0.25) is 0 Å². The largest absolute Gasteiger partial charge is 0.365 e.